The van der Waals surface area contributed by atoms with E-state index in [0.717, 1.165) is 52.1 Å². The van der Waals surface area contributed by atoms with Crippen molar-refractivity contribution in [2.24, 2.45) is 9.98 Å². The number of aliphatic imine (C=N–C) groups is 2. The van der Waals surface area contributed by atoms with Gasteiger partial charge in [-0.1, -0.05) is 0 Å². The molecule has 5 aliphatic heterocycles. The zero-order valence-electron chi connectivity index (χ0n) is 30.2. The van der Waals surface area contributed by atoms with Gasteiger partial charge in [0, 0.05) is 101 Å². The number of carbonyl (C=O) groups excluding carboxylic acids is 2. The van der Waals surface area contributed by atoms with Crippen LogP contribution in [-0.2, 0) is 0 Å². The summed E-state index contributed by atoms with van der Waals surface area (Å²) >= 11 is 0. The van der Waals surface area contributed by atoms with Crippen molar-refractivity contribution in [2.45, 2.75) is 37.8 Å². The molecule has 3 fully saturated rings. The van der Waals surface area contributed by atoms with E-state index < -0.39 is 24.2 Å². The molecular formula is C38H42F4N6O6. The van der Waals surface area contributed by atoms with Crippen LogP contribution in [0.25, 0.3) is 0 Å². The highest BCUT2D eigenvalue weighted by molar-refractivity contribution is 6.04. The van der Waals surface area contributed by atoms with E-state index in [2.05, 4.69) is 19.8 Å². The van der Waals surface area contributed by atoms with Crippen molar-refractivity contribution in [3.8, 4) is 23.0 Å². The molecule has 288 valence electrons. The van der Waals surface area contributed by atoms with Gasteiger partial charge in [-0.25, -0.2) is 0 Å². The number of carbonyl (C=O) groups is 2. The Bertz CT molecular complexity index is 1770. The first kappa shape index (κ1) is 37.4. The molecule has 54 heavy (non-hydrogen) atoms. The van der Waals surface area contributed by atoms with Crippen molar-refractivity contribution in [1.29, 1.82) is 0 Å². The molecule has 16 heteroatoms. The van der Waals surface area contributed by atoms with E-state index >= 15 is 0 Å². The predicted molar refractivity (Wildman–Crippen MR) is 193 cm³/mol. The summed E-state index contributed by atoms with van der Waals surface area (Å²) in [5.74, 6) is 0.982. The normalized spacial score (nSPS) is 21.0. The summed E-state index contributed by atoms with van der Waals surface area (Å²) in [6.45, 7) is 5.99. The number of piperazine rings is 1. The summed E-state index contributed by atoms with van der Waals surface area (Å²) < 4.78 is 76.0. The molecule has 5 aliphatic rings. The van der Waals surface area contributed by atoms with Crippen molar-refractivity contribution in [2.75, 3.05) is 79.8 Å². The zero-order chi connectivity index (χ0) is 37.9. The van der Waals surface area contributed by atoms with Gasteiger partial charge in [-0.05, 0) is 25.0 Å². The van der Waals surface area contributed by atoms with E-state index in [4.69, 9.17) is 18.9 Å². The van der Waals surface area contributed by atoms with Gasteiger partial charge in [0.2, 0.25) is 0 Å². The predicted octanol–water partition coefficient (Wildman–Crippen LogP) is 5.72. The van der Waals surface area contributed by atoms with Crippen LogP contribution in [0.15, 0.2) is 57.6 Å². The van der Waals surface area contributed by atoms with E-state index in [-0.39, 0.29) is 48.9 Å². The summed E-state index contributed by atoms with van der Waals surface area (Å²) in [6.07, 6.45) is 1.31. The zero-order valence-corrected chi connectivity index (χ0v) is 30.2. The summed E-state index contributed by atoms with van der Waals surface area (Å²) in [4.78, 5) is 42.9. The van der Waals surface area contributed by atoms with E-state index in [1.54, 1.807) is 36.7 Å². The van der Waals surface area contributed by atoms with Crippen LogP contribution in [0.1, 0.15) is 46.4 Å². The molecule has 3 saturated heterocycles. The van der Waals surface area contributed by atoms with Crippen LogP contribution in [0.2, 0.25) is 0 Å². The third kappa shape index (κ3) is 7.80. The second kappa shape index (κ2) is 16.2. The SMILES string of the molecule is COc1cc2c(cc1OCCCN1CCN(CCCOc3cc4c(cc3OC)C(=O)N3CC(=C(F)F)C[C@H]3C=N4)CC1)N=C[C@@H]1CC(=C(F)F)CN1C2=O. The number of fused-ring (bicyclic) bond motifs is 4. The van der Waals surface area contributed by atoms with Crippen LogP contribution < -0.4 is 18.9 Å². The molecule has 5 heterocycles. The van der Waals surface area contributed by atoms with Gasteiger partial charge in [0.25, 0.3) is 24.0 Å². The fraction of sp³-hybridized carbons (Fsp3) is 0.474. The highest BCUT2D eigenvalue weighted by Gasteiger charge is 2.38. The largest absolute Gasteiger partial charge is 0.493 e. The van der Waals surface area contributed by atoms with Crippen LogP contribution in [0.4, 0.5) is 28.9 Å². The maximum atomic E-state index is 13.2. The number of benzene rings is 2. The molecule has 0 unspecified atom stereocenters. The number of nitrogens with zero attached hydrogens (tertiary/aromatic N) is 6. The minimum absolute atomic E-state index is 0.0450. The number of hydrogen-bond acceptors (Lipinski definition) is 10. The van der Waals surface area contributed by atoms with E-state index in [9.17, 15) is 27.2 Å². The summed E-state index contributed by atoms with van der Waals surface area (Å²) in [6, 6.07) is 5.46. The maximum Gasteiger partial charge on any atom is 0.271 e. The first-order chi connectivity index (χ1) is 26.1. The average Bonchev–Trinajstić information content (AvgIpc) is 3.76. The highest BCUT2D eigenvalue weighted by atomic mass is 19.3. The Morgan fingerprint density at radius 2 is 1.06 bits per heavy atom. The number of ether oxygens (including phenoxy) is 4. The Hall–Kier alpha value is -4.96. The second-order valence-electron chi connectivity index (χ2n) is 13.8. The van der Waals surface area contributed by atoms with Crippen LogP contribution in [0.3, 0.4) is 0 Å². The van der Waals surface area contributed by atoms with Crippen LogP contribution in [0.5, 0.6) is 23.0 Å². The number of methoxy groups -OCH3 is 2. The van der Waals surface area contributed by atoms with E-state index in [0.29, 0.717) is 58.7 Å². The monoisotopic (exact) mass is 754 g/mol. The standard InChI is InChI=1S/C38H42F4N6O6/c1-51-31-15-27-29(43-19-25-13-23(35(39)40)21-47(25)37(27)49)17-33(31)53-11-3-5-45-7-9-46(10-8-45)6-4-12-54-34-18-30-28(16-32(34)52-2)38(50)48-22-24(36(41)42)14-26(48)20-44-30/h15-20,25-26H,3-14,21-22H2,1-2H3/t25-,26-/m0/s1. The molecule has 2 aromatic rings. The minimum Gasteiger partial charge on any atom is -0.493 e. The molecular weight excluding hydrogens is 712 g/mol. The van der Waals surface area contributed by atoms with Crippen molar-refractivity contribution >= 4 is 35.6 Å². The fourth-order valence-corrected chi connectivity index (χ4v) is 7.50. The number of hydrogen-bond donors (Lipinski definition) is 0. The summed E-state index contributed by atoms with van der Waals surface area (Å²) in [5, 5.41) is 0. The molecule has 0 aliphatic carbocycles. The lowest BCUT2D eigenvalue weighted by Gasteiger charge is -2.34. The molecule has 12 nitrogen and oxygen atoms in total. The molecule has 2 atom stereocenters. The summed E-state index contributed by atoms with van der Waals surface area (Å²) in [7, 11) is 2.98. The highest BCUT2D eigenvalue weighted by Crippen LogP contribution is 2.41. The molecule has 2 amide bonds. The van der Waals surface area contributed by atoms with Gasteiger partial charge in [-0.3, -0.25) is 19.6 Å². The van der Waals surface area contributed by atoms with Gasteiger partial charge < -0.3 is 38.5 Å². The molecule has 0 aromatic heterocycles. The average molecular weight is 755 g/mol. The van der Waals surface area contributed by atoms with E-state index in [1.807, 2.05) is 0 Å². The Morgan fingerprint density at radius 3 is 1.43 bits per heavy atom. The molecule has 0 N–H and O–H groups in total. The quantitative estimate of drug-likeness (QED) is 0.200. The molecule has 0 bridgehead atoms. The maximum absolute atomic E-state index is 13.2. The number of halogens is 4. The second-order valence-corrected chi connectivity index (χ2v) is 13.8. The van der Waals surface area contributed by atoms with Gasteiger partial charge in [0.05, 0.1) is 62.0 Å². The van der Waals surface area contributed by atoms with Gasteiger partial charge in [0.15, 0.2) is 23.0 Å². The lowest BCUT2D eigenvalue weighted by Crippen LogP contribution is -2.47. The van der Waals surface area contributed by atoms with Gasteiger partial charge >= 0.3 is 0 Å². The fourth-order valence-electron chi connectivity index (χ4n) is 7.50. The van der Waals surface area contributed by atoms with Crippen LogP contribution >= 0.6 is 0 Å². The third-order valence-corrected chi connectivity index (χ3v) is 10.5. The minimum atomic E-state index is -1.74. The van der Waals surface area contributed by atoms with Crippen molar-refractivity contribution < 1.29 is 46.1 Å². The van der Waals surface area contributed by atoms with Gasteiger partial charge in [-0.15, -0.1) is 0 Å². The molecule has 2 aromatic carbocycles. The molecule has 0 spiro atoms. The Balaban J connectivity index is 0.840. The van der Waals surface area contributed by atoms with Crippen LogP contribution in [-0.4, -0.2) is 136 Å². The summed E-state index contributed by atoms with van der Waals surface area (Å²) in [5.41, 5.74) is 1.34. The van der Waals surface area contributed by atoms with Gasteiger partial charge in [-0.2, -0.15) is 17.6 Å². The molecule has 7 rings (SSSR count). The Labute approximate surface area is 310 Å². The Morgan fingerprint density at radius 1 is 0.648 bits per heavy atom. The van der Waals surface area contributed by atoms with Gasteiger partial charge in [0.1, 0.15) is 0 Å². The number of rotatable bonds is 12. The lowest BCUT2D eigenvalue weighted by molar-refractivity contribution is 0.0769. The third-order valence-electron chi connectivity index (χ3n) is 10.5. The lowest BCUT2D eigenvalue weighted by atomic mass is 10.1. The Kier molecular flexibility index (Phi) is 11.2. The molecule has 0 radical (unpaired) electrons. The smallest absolute Gasteiger partial charge is 0.271 e. The van der Waals surface area contributed by atoms with E-state index in [1.165, 1.54) is 24.0 Å². The van der Waals surface area contributed by atoms with Crippen molar-refractivity contribution in [3.05, 3.63) is 58.7 Å². The number of amides is 2. The first-order valence-corrected chi connectivity index (χ1v) is 18.0. The molecule has 0 saturated carbocycles. The van der Waals surface area contributed by atoms with Crippen LogP contribution in [0, 0.1) is 0 Å². The first-order valence-electron chi connectivity index (χ1n) is 18.0. The van der Waals surface area contributed by atoms with Crippen molar-refractivity contribution in [1.82, 2.24) is 19.6 Å². The van der Waals surface area contributed by atoms with Crippen molar-refractivity contribution in [3.63, 3.8) is 0 Å². The topological polar surface area (TPSA) is 109 Å².